The minimum Gasteiger partial charge on any atom is -0.497 e. The van der Waals surface area contributed by atoms with E-state index in [2.05, 4.69) is 5.32 Å². The summed E-state index contributed by atoms with van der Waals surface area (Å²) in [4.78, 5) is 12.1. The normalized spacial score (nSPS) is 10.1. The van der Waals surface area contributed by atoms with Gasteiger partial charge in [-0.3, -0.25) is 4.79 Å². The number of carbonyl (C=O) groups excluding carboxylic acids is 1. The lowest BCUT2D eigenvalue weighted by molar-refractivity contribution is 0.0953. The van der Waals surface area contributed by atoms with Crippen LogP contribution in [-0.4, -0.2) is 26.7 Å². The highest BCUT2D eigenvalue weighted by Crippen LogP contribution is 2.22. The average Bonchev–Trinajstić information content (AvgIpc) is 2.54. The molecule has 0 fully saturated rings. The van der Waals surface area contributed by atoms with Gasteiger partial charge in [-0.05, 0) is 36.2 Å². The SMILES string of the molecule is COc1cc(OC)cc(C(=O)NCCc2cccc(F)c2)c1. The van der Waals surface area contributed by atoms with E-state index in [1.807, 2.05) is 6.07 Å². The number of halogens is 1. The Labute approximate surface area is 128 Å². The third kappa shape index (κ3) is 4.22. The molecule has 0 atom stereocenters. The van der Waals surface area contributed by atoms with Crippen LogP contribution < -0.4 is 14.8 Å². The Balaban J connectivity index is 1.97. The molecule has 0 aliphatic rings. The first-order valence-electron chi connectivity index (χ1n) is 6.88. The zero-order chi connectivity index (χ0) is 15.9. The molecule has 0 aliphatic carbocycles. The Bertz CT molecular complexity index is 636. The van der Waals surface area contributed by atoms with Gasteiger partial charge in [-0.2, -0.15) is 0 Å². The lowest BCUT2D eigenvalue weighted by Gasteiger charge is -2.09. The summed E-state index contributed by atoms with van der Waals surface area (Å²) in [6, 6.07) is 11.3. The summed E-state index contributed by atoms with van der Waals surface area (Å²) in [6.45, 7) is 0.418. The molecule has 2 aromatic carbocycles. The van der Waals surface area contributed by atoms with Crippen LogP contribution in [0.2, 0.25) is 0 Å². The second-order valence-electron chi connectivity index (χ2n) is 4.74. The second kappa shape index (κ2) is 7.45. The minimum absolute atomic E-state index is 0.228. The van der Waals surface area contributed by atoms with E-state index in [1.165, 1.54) is 26.4 Å². The molecule has 1 amide bonds. The lowest BCUT2D eigenvalue weighted by atomic mass is 10.1. The summed E-state index contributed by atoms with van der Waals surface area (Å²) in [5.41, 5.74) is 1.29. The fourth-order valence-electron chi connectivity index (χ4n) is 2.05. The van der Waals surface area contributed by atoms with E-state index in [0.717, 1.165) is 5.56 Å². The summed E-state index contributed by atoms with van der Waals surface area (Å²) >= 11 is 0. The third-order valence-corrected chi connectivity index (χ3v) is 3.20. The molecule has 0 saturated carbocycles. The van der Waals surface area contributed by atoms with Crippen molar-refractivity contribution in [3.63, 3.8) is 0 Å². The lowest BCUT2D eigenvalue weighted by Crippen LogP contribution is -2.25. The van der Waals surface area contributed by atoms with Gasteiger partial charge in [0.15, 0.2) is 0 Å². The van der Waals surface area contributed by atoms with Crippen molar-refractivity contribution in [2.45, 2.75) is 6.42 Å². The summed E-state index contributed by atoms with van der Waals surface area (Å²) in [5, 5.41) is 2.80. The van der Waals surface area contributed by atoms with Crippen molar-refractivity contribution in [2.24, 2.45) is 0 Å². The Kier molecular flexibility index (Phi) is 5.36. The van der Waals surface area contributed by atoms with E-state index in [-0.39, 0.29) is 11.7 Å². The average molecular weight is 303 g/mol. The molecule has 0 aliphatic heterocycles. The van der Waals surface area contributed by atoms with Crippen molar-refractivity contribution in [3.8, 4) is 11.5 Å². The van der Waals surface area contributed by atoms with E-state index < -0.39 is 0 Å². The van der Waals surface area contributed by atoms with Gasteiger partial charge in [-0.15, -0.1) is 0 Å². The number of benzene rings is 2. The molecule has 4 nitrogen and oxygen atoms in total. The fourth-order valence-corrected chi connectivity index (χ4v) is 2.05. The van der Waals surface area contributed by atoms with Crippen molar-refractivity contribution in [2.75, 3.05) is 20.8 Å². The van der Waals surface area contributed by atoms with E-state index in [0.29, 0.717) is 30.0 Å². The zero-order valence-corrected chi connectivity index (χ0v) is 12.6. The second-order valence-corrected chi connectivity index (χ2v) is 4.74. The molecular weight excluding hydrogens is 285 g/mol. The highest BCUT2D eigenvalue weighted by molar-refractivity contribution is 5.95. The molecule has 0 bridgehead atoms. The number of amides is 1. The number of hydrogen-bond donors (Lipinski definition) is 1. The fraction of sp³-hybridized carbons (Fsp3) is 0.235. The number of methoxy groups -OCH3 is 2. The predicted octanol–water partition coefficient (Wildman–Crippen LogP) is 2.82. The number of carbonyl (C=O) groups is 1. The van der Waals surface area contributed by atoms with Crippen molar-refractivity contribution >= 4 is 5.91 Å². The number of rotatable bonds is 6. The standard InChI is InChI=1S/C17H18FNO3/c1-21-15-9-13(10-16(11-15)22-2)17(20)19-7-6-12-4-3-5-14(18)8-12/h3-5,8-11H,6-7H2,1-2H3,(H,19,20). The first-order valence-corrected chi connectivity index (χ1v) is 6.88. The molecule has 0 heterocycles. The maximum Gasteiger partial charge on any atom is 0.251 e. The van der Waals surface area contributed by atoms with E-state index in [9.17, 15) is 9.18 Å². The maximum absolute atomic E-state index is 13.1. The van der Waals surface area contributed by atoms with Gasteiger partial charge < -0.3 is 14.8 Å². The largest absolute Gasteiger partial charge is 0.497 e. The van der Waals surface area contributed by atoms with Gasteiger partial charge in [0.2, 0.25) is 0 Å². The zero-order valence-electron chi connectivity index (χ0n) is 12.6. The van der Waals surface area contributed by atoms with E-state index in [1.54, 1.807) is 24.3 Å². The first kappa shape index (κ1) is 15.8. The molecule has 116 valence electrons. The van der Waals surface area contributed by atoms with Crippen LogP contribution in [0.3, 0.4) is 0 Å². The van der Waals surface area contributed by atoms with Crippen LogP contribution in [0.4, 0.5) is 4.39 Å². The Hall–Kier alpha value is -2.56. The molecule has 1 N–H and O–H groups in total. The van der Waals surface area contributed by atoms with Crippen LogP contribution in [0, 0.1) is 5.82 Å². The van der Waals surface area contributed by atoms with Gasteiger partial charge in [0.1, 0.15) is 17.3 Å². The van der Waals surface area contributed by atoms with Crippen LogP contribution in [-0.2, 0) is 6.42 Å². The minimum atomic E-state index is -0.277. The highest BCUT2D eigenvalue weighted by atomic mass is 19.1. The summed E-state index contributed by atoms with van der Waals surface area (Å²) in [5.74, 6) is 0.597. The van der Waals surface area contributed by atoms with Crippen molar-refractivity contribution in [1.82, 2.24) is 5.32 Å². The van der Waals surface area contributed by atoms with Gasteiger partial charge in [0.25, 0.3) is 5.91 Å². The Morgan fingerprint density at radius 2 is 1.77 bits per heavy atom. The maximum atomic E-state index is 13.1. The Morgan fingerprint density at radius 1 is 1.09 bits per heavy atom. The van der Waals surface area contributed by atoms with Crippen LogP contribution in [0.15, 0.2) is 42.5 Å². The van der Waals surface area contributed by atoms with Crippen LogP contribution >= 0.6 is 0 Å². The van der Waals surface area contributed by atoms with Crippen molar-refractivity contribution in [1.29, 1.82) is 0 Å². The van der Waals surface area contributed by atoms with E-state index in [4.69, 9.17) is 9.47 Å². The molecule has 5 heteroatoms. The summed E-state index contributed by atoms with van der Waals surface area (Å²) < 4.78 is 23.3. The molecule has 0 radical (unpaired) electrons. The molecule has 22 heavy (non-hydrogen) atoms. The molecule has 2 aromatic rings. The molecule has 0 unspecified atom stereocenters. The van der Waals surface area contributed by atoms with Crippen molar-refractivity contribution < 1.29 is 18.7 Å². The van der Waals surface area contributed by atoms with Crippen LogP contribution in [0.1, 0.15) is 15.9 Å². The molecule has 0 saturated heterocycles. The van der Waals surface area contributed by atoms with Gasteiger partial charge in [0.05, 0.1) is 14.2 Å². The quantitative estimate of drug-likeness (QED) is 0.892. The number of nitrogens with one attached hydrogen (secondary N) is 1. The van der Waals surface area contributed by atoms with Gasteiger partial charge in [0, 0.05) is 18.2 Å². The van der Waals surface area contributed by atoms with Gasteiger partial charge in [-0.1, -0.05) is 12.1 Å². The van der Waals surface area contributed by atoms with Gasteiger partial charge in [-0.25, -0.2) is 4.39 Å². The van der Waals surface area contributed by atoms with Crippen molar-refractivity contribution in [3.05, 3.63) is 59.4 Å². The number of ether oxygens (including phenoxy) is 2. The van der Waals surface area contributed by atoms with Crippen LogP contribution in [0.5, 0.6) is 11.5 Å². The molecule has 2 rings (SSSR count). The predicted molar refractivity (Wildman–Crippen MR) is 82.0 cm³/mol. The molecule has 0 aromatic heterocycles. The molecular formula is C17H18FNO3. The Morgan fingerprint density at radius 3 is 2.36 bits per heavy atom. The third-order valence-electron chi connectivity index (χ3n) is 3.20. The number of hydrogen-bond acceptors (Lipinski definition) is 3. The topological polar surface area (TPSA) is 47.6 Å². The smallest absolute Gasteiger partial charge is 0.251 e. The summed E-state index contributed by atoms with van der Waals surface area (Å²) in [7, 11) is 3.06. The van der Waals surface area contributed by atoms with Crippen LogP contribution in [0.25, 0.3) is 0 Å². The van der Waals surface area contributed by atoms with E-state index >= 15 is 0 Å². The molecule has 0 spiro atoms. The first-order chi connectivity index (χ1) is 10.6. The monoisotopic (exact) mass is 303 g/mol. The summed E-state index contributed by atoms with van der Waals surface area (Å²) in [6.07, 6.45) is 0.560. The highest BCUT2D eigenvalue weighted by Gasteiger charge is 2.09. The van der Waals surface area contributed by atoms with Gasteiger partial charge >= 0.3 is 0 Å².